The molecule has 4 heteroatoms. The lowest BCUT2D eigenvalue weighted by Gasteiger charge is -2.12. The van der Waals surface area contributed by atoms with E-state index in [0.29, 0.717) is 0 Å². The Hall–Kier alpha value is -1.81. The molecule has 100 valence electrons. The summed E-state index contributed by atoms with van der Waals surface area (Å²) in [6.07, 6.45) is 2.06. The van der Waals surface area contributed by atoms with Gasteiger partial charge in [-0.15, -0.1) is 11.8 Å². The zero-order valence-electron chi connectivity index (χ0n) is 11.3. The van der Waals surface area contributed by atoms with Crippen LogP contribution in [-0.4, -0.2) is 20.5 Å². The minimum atomic E-state index is 0.787. The van der Waals surface area contributed by atoms with Crippen LogP contribution in [0.25, 0.3) is 0 Å². The van der Waals surface area contributed by atoms with E-state index in [2.05, 4.69) is 23.7 Å². The van der Waals surface area contributed by atoms with Crippen LogP contribution < -0.4 is 14.8 Å². The number of thioether (sulfide) groups is 1. The second-order valence-corrected chi connectivity index (χ2v) is 4.80. The van der Waals surface area contributed by atoms with Crippen molar-refractivity contribution >= 4 is 23.1 Å². The molecule has 0 spiro atoms. The van der Waals surface area contributed by atoms with E-state index in [-0.39, 0.29) is 0 Å². The summed E-state index contributed by atoms with van der Waals surface area (Å²) in [5.41, 5.74) is 1.91. The molecule has 0 aliphatic rings. The van der Waals surface area contributed by atoms with Crippen molar-refractivity contribution in [2.75, 3.05) is 25.8 Å². The maximum Gasteiger partial charge on any atom is 0.142 e. The fourth-order valence-electron chi connectivity index (χ4n) is 1.74. The van der Waals surface area contributed by atoms with Crippen molar-refractivity contribution in [3.05, 3.63) is 42.5 Å². The van der Waals surface area contributed by atoms with E-state index >= 15 is 0 Å². The Morgan fingerprint density at radius 2 is 1.68 bits per heavy atom. The molecular formula is C15H17NO2S. The summed E-state index contributed by atoms with van der Waals surface area (Å²) in [7, 11) is 3.31. The summed E-state index contributed by atoms with van der Waals surface area (Å²) >= 11 is 1.73. The molecule has 2 aromatic carbocycles. The van der Waals surface area contributed by atoms with Gasteiger partial charge in [0.15, 0.2) is 0 Å². The third-order valence-corrected chi connectivity index (χ3v) is 3.52. The van der Waals surface area contributed by atoms with Crippen LogP contribution in [0.15, 0.2) is 47.4 Å². The van der Waals surface area contributed by atoms with E-state index in [0.717, 1.165) is 22.9 Å². The quantitative estimate of drug-likeness (QED) is 0.830. The predicted molar refractivity (Wildman–Crippen MR) is 81.1 cm³/mol. The summed E-state index contributed by atoms with van der Waals surface area (Å²) in [5, 5.41) is 3.34. The number of anilines is 2. The highest BCUT2D eigenvalue weighted by Gasteiger charge is 2.05. The number of hydrogen-bond acceptors (Lipinski definition) is 4. The average Bonchev–Trinajstić information content (AvgIpc) is 2.48. The Morgan fingerprint density at radius 1 is 0.947 bits per heavy atom. The number of hydrogen-bond donors (Lipinski definition) is 1. The molecule has 0 radical (unpaired) electrons. The fourth-order valence-corrected chi connectivity index (χ4v) is 2.15. The molecule has 2 rings (SSSR count). The molecule has 0 aliphatic heterocycles. The minimum Gasteiger partial charge on any atom is -0.497 e. The largest absolute Gasteiger partial charge is 0.497 e. The molecule has 2 aromatic rings. The van der Waals surface area contributed by atoms with Crippen molar-refractivity contribution in [3.63, 3.8) is 0 Å². The molecule has 0 unspecified atom stereocenters. The third-order valence-electron chi connectivity index (χ3n) is 2.78. The van der Waals surface area contributed by atoms with Crippen LogP contribution in [0.3, 0.4) is 0 Å². The van der Waals surface area contributed by atoms with Crippen molar-refractivity contribution in [1.82, 2.24) is 0 Å². The number of rotatable bonds is 5. The maximum atomic E-state index is 5.34. The Bertz CT molecular complexity index is 540. The van der Waals surface area contributed by atoms with Gasteiger partial charge in [-0.3, -0.25) is 0 Å². The van der Waals surface area contributed by atoms with Crippen LogP contribution in [0.5, 0.6) is 11.5 Å². The molecule has 0 bridgehead atoms. The fraction of sp³-hybridized carbons (Fsp3) is 0.200. The second-order valence-electron chi connectivity index (χ2n) is 3.92. The Kier molecular flexibility index (Phi) is 4.58. The van der Waals surface area contributed by atoms with Gasteiger partial charge in [-0.05, 0) is 42.7 Å². The summed E-state index contributed by atoms with van der Waals surface area (Å²) in [6.45, 7) is 0. The molecule has 0 aliphatic carbocycles. The molecule has 0 heterocycles. The van der Waals surface area contributed by atoms with Crippen LogP contribution in [-0.2, 0) is 0 Å². The summed E-state index contributed by atoms with van der Waals surface area (Å²) in [5.74, 6) is 1.58. The third kappa shape index (κ3) is 3.35. The monoisotopic (exact) mass is 275 g/mol. The van der Waals surface area contributed by atoms with Gasteiger partial charge in [0.05, 0.1) is 19.9 Å². The lowest BCUT2D eigenvalue weighted by molar-refractivity contribution is 0.405. The predicted octanol–water partition coefficient (Wildman–Crippen LogP) is 4.17. The van der Waals surface area contributed by atoms with E-state index in [1.165, 1.54) is 4.90 Å². The van der Waals surface area contributed by atoms with Gasteiger partial charge in [0.2, 0.25) is 0 Å². The minimum absolute atomic E-state index is 0.787. The van der Waals surface area contributed by atoms with Gasteiger partial charge in [-0.2, -0.15) is 0 Å². The van der Waals surface area contributed by atoms with Crippen molar-refractivity contribution in [2.24, 2.45) is 0 Å². The molecule has 0 fully saturated rings. The van der Waals surface area contributed by atoms with Gasteiger partial charge >= 0.3 is 0 Å². The molecule has 0 atom stereocenters. The van der Waals surface area contributed by atoms with Crippen molar-refractivity contribution in [2.45, 2.75) is 4.90 Å². The van der Waals surface area contributed by atoms with E-state index in [4.69, 9.17) is 9.47 Å². The van der Waals surface area contributed by atoms with E-state index in [1.54, 1.807) is 26.0 Å². The molecule has 19 heavy (non-hydrogen) atoms. The lowest BCUT2D eigenvalue weighted by atomic mass is 10.2. The molecule has 1 N–H and O–H groups in total. The zero-order chi connectivity index (χ0) is 13.7. The van der Waals surface area contributed by atoms with E-state index < -0.39 is 0 Å². The number of benzene rings is 2. The van der Waals surface area contributed by atoms with E-state index in [1.807, 2.05) is 30.3 Å². The highest BCUT2D eigenvalue weighted by atomic mass is 32.2. The maximum absolute atomic E-state index is 5.34. The lowest BCUT2D eigenvalue weighted by Crippen LogP contribution is -1.95. The van der Waals surface area contributed by atoms with E-state index in [9.17, 15) is 0 Å². The number of nitrogens with one attached hydrogen (secondary N) is 1. The number of ether oxygens (including phenoxy) is 2. The van der Waals surface area contributed by atoms with Crippen molar-refractivity contribution in [1.29, 1.82) is 0 Å². The van der Waals surface area contributed by atoms with Crippen LogP contribution in [0.2, 0.25) is 0 Å². The Morgan fingerprint density at radius 3 is 2.26 bits per heavy atom. The van der Waals surface area contributed by atoms with Crippen LogP contribution in [0.1, 0.15) is 0 Å². The first-order valence-corrected chi connectivity index (χ1v) is 7.12. The molecule has 0 amide bonds. The molecular weight excluding hydrogens is 258 g/mol. The summed E-state index contributed by atoms with van der Waals surface area (Å²) in [4.78, 5) is 1.24. The van der Waals surface area contributed by atoms with Gasteiger partial charge in [0.1, 0.15) is 11.5 Å². The Balaban J connectivity index is 2.25. The summed E-state index contributed by atoms with van der Waals surface area (Å²) < 4.78 is 10.6. The first-order valence-electron chi connectivity index (χ1n) is 5.90. The topological polar surface area (TPSA) is 30.5 Å². The highest BCUT2D eigenvalue weighted by molar-refractivity contribution is 7.98. The van der Waals surface area contributed by atoms with Gasteiger partial charge in [0, 0.05) is 16.6 Å². The summed E-state index contributed by atoms with van der Waals surface area (Å²) in [6, 6.07) is 13.9. The zero-order valence-corrected chi connectivity index (χ0v) is 12.1. The SMILES string of the molecule is COc1ccc(OC)c(Nc2ccc(SC)cc2)c1. The Labute approximate surface area is 117 Å². The van der Waals surface area contributed by atoms with Crippen molar-refractivity contribution in [3.8, 4) is 11.5 Å². The highest BCUT2D eigenvalue weighted by Crippen LogP contribution is 2.31. The first kappa shape index (κ1) is 13.6. The van der Waals surface area contributed by atoms with Crippen molar-refractivity contribution < 1.29 is 9.47 Å². The van der Waals surface area contributed by atoms with Gasteiger partial charge in [-0.1, -0.05) is 0 Å². The molecule has 0 saturated carbocycles. The van der Waals surface area contributed by atoms with Gasteiger partial charge in [0.25, 0.3) is 0 Å². The van der Waals surface area contributed by atoms with Gasteiger partial charge in [-0.25, -0.2) is 0 Å². The first-order chi connectivity index (χ1) is 9.26. The van der Waals surface area contributed by atoms with Gasteiger partial charge < -0.3 is 14.8 Å². The normalized spacial score (nSPS) is 10.1. The second kappa shape index (κ2) is 6.38. The molecule has 0 saturated heterocycles. The van der Waals surface area contributed by atoms with Crippen LogP contribution in [0.4, 0.5) is 11.4 Å². The molecule has 0 aromatic heterocycles. The smallest absolute Gasteiger partial charge is 0.142 e. The standard InChI is InChI=1S/C15H17NO2S/c1-17-12-6-9-15(18-2)14(10-12)16-11-4-7-13(19-3)8-5-11/h4-10,16H,1-3H3. The van der Waals surface area contributed by atoms with Crippen LogP contribution in [0, 0.1) is 0 Å². The molecule has 3 nitrogen and oxygen atoms in total. The average molecular weight is 275 g/mol. The number of methoxy groups -OCH3 is 2. The van der Waals surface area contributed by atoms with Crippen LogP contribution >= 0.6 is 11.8 Å².